The highest BCUT2D eigenvalue weighted by atomic mass is 16.1. The molecule has 3 heteroatoms. The molecule has 1 amide bonds. The average Bonchev–Trinajstić information content (AvgIpc) is 2.69. The summed E-state index contributed by atoms with van der Waals surface area (Å²) in [5.41, 5.74) is 11.3. The van der Waals surface area contributed by atoms with Crippen LogP contribution in [0.2, 0.25) is 0 Å². The van der Waals surface area contributed by atoms with Crippen LogP contribution >= 0.6 is 0 Å². The van der Waals surface area contributed by atoms with Crippen LogP contribution in [0.25, 0.3) is 0 Å². The lowest BCUT2D eigenvalue weighted by Crippen LogP contribution is -2.57. The zero-order valence-corrected chi connectivity index (χ0v) is 19.3. The molecule has 0 fully saturated rings. The van der Waals surface area contributed by atoms with Crippen molar-refractivity contribution < 1.29 is 4.79 Å². The van der Waals surface area contributed by atoms with Crippen molar-refractivity contribution in [1.29, 1.82) is 0 Å². The summed E-state index contributed by atoms with van der Waals surface area (Å²) in [7, 11) is 0. The van der Waals surface area contributed by atoms with Crippen LogP contribution in [0.3, 0.4) is 0 Å². The van der Waals surface area contributed by atoms with Crippen LogP contribution in [-0.2, 0) is 4.79 Å². The van der Waals surface area contributed by atoms with E-state index in [1.54, 1.807) is 0 Å². The lowest BCUT2D eigenvalue weighted by molar-refractivity contribution is -0.125. The van der Waals surface area contributed by atoms with Crippen LogP contribution in [0.5, 0.6) is 0 Å². The van der Waals surface area contributed by atoms with Gasteiger partial charge in [0.2, 0.25) is 5.91 Å². The van der Waals surface area contributed by atoms with E-state index >= 15 is 0 Å². The predicted octanol–water partition coefficient (Wildman–Crippen LogP) is 7.03. The Hall–Kier alpha value is -0.830. The van der Waals surface area contributed by atoms with Crippen molar-refractivity contribution in [1.82, 2.24) is 0 Å². The Kier molecular flexibility index (Phi) is 17.7. The molecule has 28 heavy (non-hydrogen) atoms. The maximum Gasteiger partial charge on any atom is 0.237 e. The molecule has 0 rings (SSSR count). The third kappa shape index (κ3) is 12.6. The molecule has 4 N–H and O–H groups in total. The maximum atomic E-state index is 11.9. The van der Waals surface area contributed by atoms with Crippen molar-refractivity contribution in [3.05, 3.63) is 12.2 Å². The van der Waals surface area contributed by atoms with E-state index in [-0.39, 0.29) is 11.8 Å². The van der Waals surface area contributed by atoms with Gasteiger partial charge < -0.3 is 11.5 Å². The first-order chi connectivity index (χ1) is 13.5. The molecule has 0 bridgehead atoms. The summed E-state index contributed by atoms with van der Waals surface area (Å²) >= 11 is 0. The lowest BCUT2D eigenvalue weighted by atomic mass is 9.76. The van der Waals surface area contributed by atoms with Crippen molar-refractivity contribution in [2.75, 3.05) is 0 Å². The van der Waals surface area contributed by atoms with Crippen molar-refractivity contribution in [2.45, 2.75) is 135 Å². The van der Waals surface area contributed by atoms with Gasteiger partial charge in [-0.05, 0) is 50.9 Å². The minimum absolute atomic E-state index is 0.227. The van der Waals surface area contributed by atoms with Gasteiger partial charge >= 0.3 is 0 Å². The van der Waals surface area contributed by atoms with E-state index in [4.69, 9.17) is 11.5 Å². The van der Waals surface area contributed by atoms with E-state index in [0.29, 0.717) is 6.42 Å². The molecule has 3 nitrogen and oxygen atoms in total. The van der Waals surface area contributed by atoms with Gasteiger partial charge in [0.25, 0.3) is 0 Å². The van der Waals surface area contributed by atoms with Crippen LogP contribution in [0.15, 0.2) is 12.2 Å². The number of primary amides is 1. The van der Waals surface area contributed by atoms with Crippen LogP contribution in [0, 0.1) is 5.92 Å². The maximum absolute atomic E-state index is 11.9. The van der Waals surface area contributed by atoms with Gasteiger partial charge in [-0.1, -0.05) is 97.1 Å². The summed E-state index contributed by atoms with van der Waals surface area (Å²) in [6.07, 6.45) is 25.2. The Balaban J connectivity index is 3.98. The summed E-state index contributed by atoms with van der Waals surface area (Å²) in [6, 6.07) is 0. The summed E-state index contributed by atoms with van der Waals surface area (Å²) in [5.74, 6) is -0.0982. The molecule has 166 valence electrons. The zero-order valence-electron chi connectivity index (χ0n) is 19.3. The molecule has 2 atom stereocenters. The van der Waals surface area contributed by atoms with Crippen molar-refractivity contribution in [3.8, 4) is 0 Å². The molecule has 0 aliphatic carbocycles. The monoisotopic (exact) mass is 394 g/mol. The molecule has 0 saturated carbocycles. The summed E-state index contributed by atoms with van der Waals surface area (Å²) in [6.45, 7) is 6.47. The fraction of sp³-hybridized carbons (Fsp3) is 0.880. The van der Waals surface area contributed by atoms with Crippen molar-refractivity contribution >= 4 is 5.91 Å². The average molecular weight is 395 g/mol. The number of carbonyl (C=O) groups excluding carboxylic acids is 1. The fourth-order valence-electron chi connectivity index (χ4n) is 4.07. The SMILES string of the molecule is CCCCCCCC/C=C\CCCCCC(CCCCC)C(N)(CC)C(N)=O. The molecule has 2 unspecified atom stereocenters. The second kappa shape index (κ2) is 18.2. The molecule has 0 heterocycles. The molecule has 0 aliphatic heterocycles. The third-order valence-electron chi connectivity index (χ3n) is 6.24. The highest BCUT2D eigenvalue weighted by Crippen LogP contribution is 2.29. The number of allylic oxidation sites excluding steroid dienone is 2. The zero-order chi connectivity index (χ0) is 21.1. The molecule has 0 radical (unpaired) electrons. The van der Waals surface area contributed by atoms with Crippen molar-refractivity contribution in [3.63, 3.8) is 0 Å². The Morgan fingerprint density at radius 3 is 1.68 bits per heavy atom. The number of unbranched alkanes of at least 4 members (excludes halogenated alkanes) is 11. The van der Waals surface area contributed by atoms with Gasteiger partial charge in [-0.15, -0.1) is 0 Å². The van der Waals surface area contributed by atoms with Crippen LogP contribution in [0.1, 0.15) is 130 Å². The molecular weight excluding hydrogens is 344 g/mol. The van der Waals surface area contributed by atoms with E-state index in [1.807, 2.05) is 6.92 Å². The highest BCUT2D eigenvalue weighted by molar-refractivity contribution is 5.84. The normalized spacial score (nSPS) is 15.0. The van der Waals surface area contributed by atoms with Crippen molar-refractivity contribution in [2.24, 2.45) is 17.4 Å². The number of amides is 1. The summed E-state index contributed by atoms with van der Waals surface area (Å²) in [5, 5.41) is 0. The van der Waals surface area contributed by atoms with E-state index in [1.165, 1.54) is 77.0 Å². The topological polar surface area (TPSA) is 69.1 Å². The van der Waals surface area contributed by atoms with E-state index < -0.39 is 5.54 Å². The lowest BCUT2D eigenvalue weighted by Gasteiger charge is -2.34. The predicted molar refractivity (Wildman–Crippen MR) is 124 cm³/mol. The Labute approximate surface area is 176 Å². The number of nitrogens with two attached hydrogens (primary N) is 2. The van der Waals surface area contributed by atoms with E-state index in [9.17, 15) is 4.79 Å². The van der Waals surface area contributed by atoms with E-state index in [2.05, 4.69) is 26.0 Å². The first-order valence-corrected chi connectivity index (χ1v) is 12.3. The van der Waals surface area contributed by atoms with Gasteiger partial charge in [-0.2, -0.15) is 0 Å². The Morgan fingerprint density at radius 2 is 1.18 bits per heavy atom. The summed E-state index contributed by atoms with van der Waals surface area (Å²) in [4.78, 5) is 11.9. The molecule has 0 saturated heterocycles. The second-order valence-corrected chi connectivity index (χ2v) is 8.62. The first-order valence-electron chi connectivity index (χ1n) is 12.3. The minimum Gasteiger partial charge on any atom is -0.368 e. The highest BCUT2D eigenvalue weighted by Gasteiger charge is 2.37. The van der Waals surface area contributed by atoms with Gasteiger partial charge in [0.1, 0.15) is 0 Å². The first kappa shape index (κ1) is 27.2. The molecular formula is C25H50N2O. The van der Waals surface area contributed by atoms with Crippen LogP contribution in [0.4, 0.5) is 0 Å². The quantitative estimate of drug-likeness (QED) is 0.172. The fourth-order valence-corrected chi connectivity index (χ4v) is 4.07. The molecule has 0 aromatic carbocycles. The molecule has 0 aromatic heterocycles. The standard InChI is InChI=1S/C25H50N2O/c1-4-7-9-10-11-12-13-14-15-16-17-18-20-22-23(21-19-8-5-2)25(27,6-3)24(26)28/h14-15,23H,4-13,16-22,27H2,1-3H3,(H2,26,28)/b15-14-. The number of carbonyl (C=O) groups is 1. The van der Waals surface area contributed by atoms with Gasteiger partial charge in [0.15, 0.2) is 0 Å². The molecule has 0 spiro atoms. The van der Waals surface area contributed by atoms with Crippen LogP contribution in [-0.4, -0.2) is 11.4 Å². The van der Waals surface area contributed by atoms with E-state index in [0.717, 1.165) is 25.7 Å². The number of hydrogen-bond acceptors (Lipinski definition) is 2. The summed E-state index contributed by atoms with van der Waals surface area (Å²) < 4.78 is 0. The van der Waals surface area contributed by atoms with Gasteiger partial charge in [0, 0.05) is 0 Å². The van der Waals surface area contributed by atoms with Gasteiger partial charge in [-0.25, -0.2) is 0 Å². The largest absolute Gasteiger partial charge is 0.368 e. The van der Waals surface area contributed by atoms with Gasteiger partial charge in [-0.3, -0.25) is 4.79 Å². The smallest absolute Gasteiger partial charge is 0.237 e. The number of hydrogen-bond donors (Lipinski definition) is 2. The number of rotatable bonds is 20. The Bertz CT molecular complexity index is 394. The van der Waals surface area contributed by atoms with Gasteiger partial charge in [0.05, 0.1) is 5.54 Å². The minimum atomic E-state index is -0.829. The molecule has 0 aliphatic rings. The Morgan fingerprint density at radius 1 is 0.750 bits per heavy atom. The second-order valence-electron chi connectivity index (χ2n) is 8.62. The third-order valence-corrected chi connectivity index (χ3v) is 6.24. The molecule has 0 aromatic rings. The van der Waals surface area contributed by atoms with Crippen LogP contribution < -0.4 is 11.5 Å².